The summed E-state index contributed by atoms with van der Waals surface area (Å²) < 4.78 is 0. The zero-order chi connectivity index (χ0) is 13.7. The number of nitro benzene ring substituents is 1. The third-order valence-electron chi connectivity index (χ3n) is 2.57. The Morgan fingerprint density at radius 3 is 2.61 bits per heavy atom. The first kappa shape index (κ1) is 14.2. The number of nitrogens with zero attached hydrogens (tertiary/aromatic N) is 1. The van der Waals surface area contributed by atoms with E-state index in [1.54, 1.807) is 6.07 Å². The Morgan fingerprint density at radius 2 is 2.17 bits per heavy atom. The maximum atomic E-state index is 10.6. The highest BCUT2D eigenvalue weighted by Crippen LogP contribution is 2.25. The second-order valence-electron chi connectivity index (χ2n) is 4.68. The fraction of sp³-hybridized carbons (Fsp3) is 0.500. The van der Waals surface area contributed by atoms with Crippen molar-refractivity contribution in [3.8, 4) is 0 Å². The zero-order valence-electron chi connectivity index (χ0n) is 10.6. The first-order chi connectivity index (χ1) is 8.43. The van der Waals surface area contributed by atoms with Gasteiger partial charge in [0.1, 0.15) is 5.69 Å². The summed E-state index contributed by atoms with van der Waals surface area (Å²) in [5.74, 6) is 0.449. The minimum atomic E-state index is -0.517. The lowest BCUT2D eigenvalue weighted by Crippen LogP contribution is -2.25. The summed E-state index contributed by atoms with van der Waals surface area (Å²) in [5.41, 5.74) is 6.29. The lowest BCUT2D eigenvalue weighted by molar-refractivity contribution is -0.383. The van der Waals surface area contributed by atoms with Crippen molar-refractivity contribution >= 4 is 17.1 Å². The Morgan fingerprint density at radius 1 is 1.50 bits per heavy atom. The number of aliphatic hydroxyl groups is 1. The maximum Gasteiger partial charge on any atom is 0.292 e. The Balaban J connectivity index is 2.78. The monoisotopic (exact) mass is 253 g/mol. The maximum absolute atomic E-state index is 10.6. The quantitative estimate of drug-likeness (QED) is 0.409. The van der Waals surface area contributed by atoms with E-state index in [0.717, 1.165) is 6.42 Å². The van der Waals surface area contributed by atoms with Crippen molar-refractivity contribution in [2.24, 2.45) is 5.92 Å². The van der Waals surface area contributed by atoms with Gasteiger partial charge in [-0.25, -0.2) is 0 Å². The molecule has 0 radical (unpaired) electrons. The van der Waals surface area contributed by atoms with E-state index in [1.165, 1.54) is 12.1 Å². The normalized spacial score (nSPS) is 12.4. The Labute approximate surface area is 106 Å². The highest BCUT2D eigenvalue weighted by atomic mass is 16.6. The lowest BCUT2D eigenvalue weighted by atomic mass is 10.0. The molecule has 0 aromatic heterocycles. The SMILES string of the molecule is CC(C)CC(CO)Nc1ccc([N+](=O)[O-])c(N)c1. The van der Waals surface area contributed by atoms with Crippen LogP contribution in [-0.2, 0) is 0 Å². The third kappa shape index (κ3) is 3.89. The van der Waals surface area contributed by atoms with Crippen LogP contribution in [0.1, 0.15) is 20.3 Å². The number of rotatable bonds is 6. The largest absolute Gasteiger partial charge is 0.394 e. The molecule has 1 aromatic rings. The van der Waals surface area contributed by atoms with E-state index < -0.39 is 4.92 Å². The summed E-state index contributed by atoms with van der Waals surface area (Å²) in [6.07, 6.45) is 0.813. The van der Waals surface area contributed by atoms with Gasteiger partial charge in [-0.15, -0.1) is 0 Å². The van der Waals surface area contributed by atoms with Gasteiger partial charge in [0, 0.05) is 17.8 Å². The average Bonchev–Trinajstić information content (AvgIpc) is 2.27. The summed E-state index contributed by atoms with van der Waals surface area (Å²) in [5, 5.41) is 23.0. The van der Waals surface area contributed by atoms with Crippen LogP contribution in [0.2, 0.25) is 0 Å². The molecule has 100 valence electrons. The summed E-state index contributed by atoms with van der Waals surface area (Å²) in [7, 11) is 0. The number of nitro groups is 1. The first-order valence-corrected chi connectivity index (χ1v) is 5.85. The Bertz CT molecular complexity index is 421. The van der Waals surface area contributed by atoms with Crippen LogP contribution in [0.3, 0.4) is 0 Å². The number of hydrogen-bond donors (Lipinski definition) is 3. The summed E-state index contributed by atoms with van der Waals surface area (Å²) >= 11 is 0. The molecule has 1 aromatic carbocycles. The van der Waals surface area contributed by atoms with E-state index in [-0.39, 0.29) is 24.0 Å². The van der Waals surface area contributed by atoms with Crippen molar-refractivity contribution in [3.63, 3.8) is 0 Å². The molecule has 0 amide bonds. The van der Waals surface area contributed by atoms with Gasteiger partial charge in [0.2, 0.25) is 0 Å². The second kappa shape index (κ2) is 6.20. The molecule has 18 heavy (non-hydrogen) atoms. The molecule has 0 heterocycles. The van der Waals surface area contributed by atoms with E-state index >= 15 is 0 Å². The Hall–Kier alpha value is -1.82. The molecule has 0 bridgehead atoms. The van der Waals surface area contributed by atoms with Crippen LogP contribution < -0.4 is 11.1 Å². The first-order valence-electron chi connectivity index (χ1n) is 5.85. The summed E-state index contributed by atoms with van der Waals surface area (Å²) in [6, 6.07) is 4.39. The number of anilines is 2. The van der Waals surface area contributed by atoms with Gasteiger partial charge in [0.25, 0.3) is 5.69 Å². The van der Waals surface area contributed by atoms with Crippen LogP contribution in [0.25, 0.3) is 0 Å². The van der Waals surface area contributed by atoms with Crippen LogP contribution in [0, 0.1) is 16.0 Å². The number of benzene rings is 1. The highest BCUT2D eigenvalue weighted by molar-refractivity contribution is 5.66. The van der Waals surface area contributed by atoms with Gasteiger partial charge >= 0.3 is 0 Å². The fourth-order valence-corrected chi connectivity index (χ4v) is 1.79. The number of hydrogen-bond acceptors (Lipinski definition) is 5. The van der Waals surface area contributed by atoms with Crippen molar-refractivity contribution in [2.75, 3.05) is 17.7 Å². The van der Waals surface area contributed by atoms with Crippen molar-refractivity contribution < 1.29 is 10.0 Å². The zero-order valence-corrected chi connectivity index (χ0v) is 10.6. The predicted octanol–water partition coefficient (Wildman–Crippen LogP) is 2.00. The predicted molar refractivity (Wildman–Crippen MR) is 71.5 cm³/mol. The van der Waals surface area contributed by atoms with E-state index in [1.807, 2.05) is 0 Å². The number of aliphatic hydroxyl groups excluding tert-OH is 1. The molecule has 0 fully saturated rings. The molecule has 1 unspecified atom stereocenters. The van der Waals surface area contributed by atoms with E-state index in [2.05, 4.69) is 19.2 Å². The topological polar surface area (TPSA) is 101 Å². The van der Waals surface area contributed by atoms with Crippen LogP contribution in [0.5, 0.6) is 0 Å². The van der Waals surface area contributed by atoms with E-state index in [9.17, 15) is 15.2 Å². The standard InChI is InChI=1S/C12H19N3O3/c1-8(2)5-10(7-16)14-9-3-4-12(15(17)18)11(13)6-9/h3-4,6,8,10,14,16H,5,7,13H2,1-2H3. The molecule has 0 aliphatic rings. The smallest absolute Gasteiger partial charge is 0.292 e. The molecule has 0 aliphatic carbocycles. The fourth-order valence-electron chi connectivity index (χ4n) is 1.79. The van der Waals surface area contributed by atoms with Gasteiger partial charge in [0.15, 0.2) is 0 Å². The number of nitrogen functional groups attached to an aromatic ring is 1. The van der Waals surface area contributed by atoms with Crippen LogP contribution in [-0.4, -0.2) is 22.7 Å². The van der Waals surface area contributed by atoms with Crippen molar-refractivity contribution in [1.29, 1.82) is 0 Å². The minimum absolute atomic E-state index is 0.00900. The molecule has 0 spiro atoms. The molecular formula is C12H19N3O3. The second-order valence-corrected chi connectivity index (χ2v) is 4.68. The minimum Gasteiger partial charge on any atom is -0.394 e. The lowest BCUT2D eigenvalue weighted by Gasteiger charge is -2.19. The van der Waals surface area contributed by atoms with Crippen LogP contribution in [0.4, 0.5) is 17.1 Å². The average molecular weight is 253 g/mol. The molecule has 4 N–H and O–H groups in total. The molecule has 1 rings (SSSR count). The van der Waals surface area contributed by atoms with Gasteiger partial charge in [-0.1, -0.05) is 13.8 Å². The van der Waals surface area contributed by atoms with E-state index in [4.69, 9.17) is 5.73 Å². The molecule has 6 heteroatoms. The van der Waals surface area contributed by atoms with Crippen molar-refractivity contribution in [2.45, 2.75) is 26.3 Å². The van der Waals surface area contributed by atoms with Crippen LogP contribution >= 0.6 is 0 Å². The number of nitrogens with one attached hydrogen (secondary N) is 1. The molecule has 6 nitrogen and oxygen atoms in total. The van der Waals surface area contributed by atoms with Gasteiger partial charge < -0.3 is 16.2 Å². The third-order valence-corrected chi connectivity index (χ3v) is 2.57. The van der Waals surface area contributed by atoms with Gasteiger partial charge in [0.05, 0.1) is 11.5 Å². The molecule has 0 saturated carbocycles. The van der Waals surface area contributed by atoms with E-state index in [0.29, 0.717) is 11.6 Å². The van der Waals surface area contributed by atoms with Gasteiger partial charge in [-0.05, 0) is 24.5 Å². The number of nitrogens with two attached hydrogens (primary N) is 1. The molecule has 1 atom stereocenters. The molecular weight excluding hydrogens is 234 g/mol. The van der Waals surface area contributed by atoms with Gasteiger partial charge in [-0.3, -0.25) is 10.1 Å². The molecule has 0 saturated heterocycles. The van der Waals surface area contributed by atoms with Crippen molar-refractivity contribution in [3.05, 3.63) is 28.3 Å². The molecule has 0 aliphatic heterocycles. The summed E-state index contributed by atoms with van der Waals surface area (Å²) in [4.78, 5) is 10.1. The van der Waals surface area contributed by atoms with Gasteiger partial charge in [-0.2, -0.15) is 0 Å². The van der Waals surface area contributed by atoms with Crippen LogP contribution in [0.15, 0.2) is 18.2 Å². The highest BCUT2D eigenvalue weighted by Gasteiger charge is 2.14. The van der Waals surface area contributed by atoms with Crippen molar-refractivity contribution in [1.82, 2.24) is 0 Å². The Kier molecular flexibility index (Phi) is 4.91. The summed E-state index contributed by atoms with van der Waals surface area (Å²) in [6.45, 7) is 4.14.